The van der Waals surface area contributed by atoms with Crippen molar-refractivity contribution in [2.24, 2.45) is 22.2 Å². The van der Waals surface area contributed by atoms with Crippen LogP contribution in [0.4, 0.5) is 0 Å². The second-order valence-electron chi connectivity index (χ2n) is 7.58. The van der Waals surface area contributed by atoms with Crippen molar-refractivity contribution in [2.75, 3.05) is 12.3 Å². The molecule has 0 saturated carbocycles. The number of nitrogens with zero attached hydrogens (tertiary/aromatic N) is 1. The van der Waals surface area contributed by atoms with Crippen LogP contribution in [-0.4, -0.2) is 59.3 Å². The Kier molecular flexibility index (Phi) is 9.95. The molecule has 0 unspecified atom stereocenters. The van der Waals surface area contributed by atoms with E-state index < -0.39 is 35.9 Å². The maximum atomic E-state index is 12.7. The second kappa shape index (κ2) is 12.7. The summed E-state index contributed by atoms with van der Waals surface area (Å²) in [4.78, 5) is 40.6. The minimum atomic E-state index is -1.18. The van der Waals surface area contributed by atoms with E-state index in [0.29, 0.717) is 19.4 Å². The summed E-state index contributed by atoms with van der Waals surface area (Å²) in [5.74, 6) is -2.45. The molecule has 0 saturated heterocycles. The third kappa shape index (κ3) is 8.28. The van der Waals surface area contributed by atoms with Crippen LogP contribution in [0, 0.1) is 0 Å². The van der Waals surface area contributed by atoms with Gasteiger partial charge >= 0.3 is 5.97 Å². The Labute approximate surface area is 197 Å². The van der Waals surface area contributed by atoms with Gasteiger partial charge in [-0.2, -0.15) is 12.6 Å². The van der Waals surface area contributed by atoms with Gasteiger partial charge < -0.3 is 32.9 Å². The molecule has 0 fully saturated rings. The van der Waals surface area contributed by atoms with Crippen LogP contribution in [0.15, 0.2) is 47.5 Å². The number of rotatable bonds is 12. The largest absolute Gasteiger partial charge is 0.480 e. The Morgan fingerprint density at radius 2 is 1.67 bits per heavy atom. The van der Waals surface area contributed by atoms with Gasteiger partial charge in [-0.15, -0.1) is 0 Å². The van der Waals surface area contributed by atoms with Gasteiger partial charge in [0.1, 0.15) is 12.1 Å². The number of carboxylic acids is 1. The average Bonchev–Trinajstić information content (AvgIpc) is 2.79. The van der Waals surface area contributed by atoms with Crippen LogP contribution < -0.4 is 27.8 Å². The zero-order valence-corrected chi connectivity index (χ0v) is 19.0. The number of fused-ring (bicyclic) bond motifs is 1. The number of aliphatic imine (C=N–C) groups is 1. The molecule has 2 amide bonds. The number of carboxylic acid groups (broad SMARTS) is 1. The normalized spacial score (nSPS) is 13.5. The van der Waals surface area contributed by atoms with Crippen LogP contribution in [0.5, 0.6) is 0 Å². The Hall–Kier alpha value is -3.31. The van der Waals surface area contributed by atoms with E-state index in [1.165, 1.54) is 0 Å². The molecule has 0 bridgehead atoms. The van der Waals surface area contributed by atoms with E-state index in [1.807, 2.05) is 42.5 Å². The maximum absolute atomic E-state index is 12.7. The Bertz CT molecular complexity index is 1010. The molecule has 33 heavy (non-hydrogen) atoms. The molecule has 10 nitrogen and oxygen atoms in total. The number of nitrogens with one attached hydrogen (secondary N) is 2. The van der Waals surface area contributed by atoms with Gasteiger partial charge in [0.05, 0.1) is 6.04 Å². The van der Waals surface area contributed by atoms with Gasteiger partial charge in [0.15, 0.2) is 5.96 Å². The van der Waals surface area contributed by atoms with Crippen molar-refractivity contribution in [3.63, 3.8) is 0 Å². The first-order valence-corrected chi connectivity index (χ1v) is 11.1. The molecule has 9 N–H and O–H groups in total. The number of aliphatic carboxylic acids is 1. The molecule has 11 heteroatoms. The van der Waals surface area contributed by atoms with E-state index >= 15 is 0 Å². The summed E-state index contributed by atoms with van der Waals surface area (Å²) in [5, 5.41) is 16.6. The molecular weight excluding hydrogens is 444 g/mol. The highest BCUT2D eigenvalue weighted by Crippen LogP contribution is 2.17. The first-order valence-electron chi connectivity index (χ1n) is 10.4. The smallest absolute Gasteiger partial charge is 0.326 e. The van der Waals surface area contributed by atoms with Gasteiger partial charge in [0.2, 0.25) is 11.8 Å². The standard InChI is InChI=1S/C22H30N6O4S/c23-16(6-3-9-26-22(24)25)19(29)28-18(12-33)20(30)27-17(21(31)32)11-13-7-8-14-4-1-2-5-15(14)10-13/h1-2,4-5,7-8,10,16-18,33H,3,6,9,11-12,23H2,(H,27,30)(H,28,29)(H,31,32)(H4,24,25,26)/t16-,17-,18-/m0/s1. The predicted molar refractivity (Wildman–Crippen MR) is 131 cm³/mol. The Morgan fingerprint density at radius 1 is 1.00 bits per heavy atom. The van der Waals surface area contributed by atoms with E-state index in [-0.39, 0.29) is 18.1 Å². The van der Waals surface area contributed by atoms with E-state index in [1.54, 1.807) is 0 Å². The van der Waals surface area contributed by atoms with Gasteiger partial charge in [0, 0.05) is 18.7 Å². The van der Waals surface area contributed by atoms with Crippen LogP contribution in [0.1, 0.15) is 18.4 Å². The summed E-state index contributed by atoms with van der Waals surface area (Å²) in [6, 6.07) is 10.2. The SMILES string of the molecule is NC(N)=NCCC[C@H](N)C(=O)N[C@@H](CS)C(=O)N[C@@H](Cc1ccc2ccccc2c1)C(=O)O. The van der Waals surface area contributed by atoms with Crippen molar-refractivity contribution >= 4 is 47.1 Å². The lowest BCUT2D eigenvalue weighted by Crippen LogP contribution is -2.55. The van der Waals surface area contributed by atoms with Crippen LogP contribution in [0.2, 0.25) is 0 Å². The van der Waals surface area contributed by atoms with Crippen molar-refractivity contribution in [1.82, 2.24) is 10.6 Å². The van der Waals surface area contributed by atoms with Gasteiger partial charge in [-0.1, -0.05) is 42.5 Å². The van der Waals surface area contributed by atoms with Crippen molar-refractivity contribution in [3.8, 4) is 0 Å². The summed E-state index contributed by atoms with van der Waals surface area (Å²) in [5.41, 5.74) is 17.1. The van der Waals surface area contributed by atoms with Crippen LogP contribution in [-0.2, 0) is 20.8 Å². The van der Waals surface area contributed by atoms with Crippen LogP contribution >= 0.6 is 12.6 Å². The van der Waals surface area contributed by atoms with E-state index in [2.05, 4.69) is 28.3 Å². The van der Waals surface area contributed by atoms with E-state index in [0.717, 1.165) is 16.3 Å². The third-order valence-electron chi connectivity index (χ3n) is 4.99. The maximum Gasteiger partial charge on any atom is 0.326 e. The van der Waals surface area contributed by atoms with Gasteiger partial charge in [-0.3, -0.25) is 14.6 Å². The second-order valence-corrected chi connectivity index (χ2v) is 7.95. The minimum absolute atomic E-state index is 0.0272. The molecule has 178 valence electrons. The van der Waals surface area contributed by atoms with Gasteiger partial charge in [0.25, 0.3) is 0 Å². The number of guanidine groups is 1. The molecule has 2 rings (SSSR count). The van der Waals surface area contributed by atoms with Crippen LogP contribution in [0.25, 0.3) is 10.8 Å². The molecule has 2 aromatic carbocycles. The highest BCUT2D eigenvalue weighted by Gasteiger charge is 2.27. The van der Waals surface area contributed by atoms with Gasteiger partial charge in [-0.05, 0) is 29.2 Å². The topological polar surface area (TPSA) is 186 Å². The minimum Gasteiger partial charge on any atom is -0.480 e. The fourth-order valence-corrected chi connectivity index (χ4v) is 3.45. The fraction of sp³-hybridized carbons (Fsp3) is 0.364. The van der Waals surface area contributed by atoms with Crippen molar-refractivity contribution in [2.45, 2.75) is 37.4 Å². The molecule has 3 atom stereocenters. The summed E-state index contributed by atoms with van der Waals surface area (Å²) in [6.45, 7) is 0.328. The third-order valence-corrected chi connectivity index (χ3v) is 5.35. The molecule has 0 aromatic heterocycles. The first kappa shape index (κ1) is 25.9. The number of carbonyl (C=O) groups is 3. The number of nitrogens with two attached hydrogens (primary N) is 3. The van der Waals surface area contributed by atoms with Crippen molar-refractivity contribution in [1.29, 1.82) is 0 Å². The van der Waals surface area contributed by atoms with E-state index in [4.69, 9.17) is 17.2 Å². The highest BCUT2D eigenvalue weighted by atomic mass is 32.1. The van der Waals surface area contributed by atoms with Gasteiger partial charge in [-0.25, -0.2) is 4.79 Å². The summed E-state index contributed by atoms with van der Waals surface area (Å²) in [6.07, 6.45) is 0.879. The predicted octanol–water partition coefficient (Wildman–Crippen LogP) is -0.253. The number of thiol groups is 1. The summed E-state index contributed by atoms with van der Waals surface area (Å²) in [7, 11) is 0. The lowest BCUT2D eigenvalue weighted by atomic mass is 10.0. The zero-order valence-electron chi connectivity index (χ0n) is 18.1. The quantitative estimate of drug-likeness (QED) is 0.0956. The monoisotopic (exact) mass is 474 g/mol. The lowest BCUT2D eigenvalue weighted by Gasteiger charge is -2.22. The molecule has 2 aromatic rings. The zero-order chi connectivity index (χ0) is 24.4. The highest BCUT2D eigenvalue weighted by molar-refractivity contribution is 7.80. The number of amides is 2. The molecule has 0 aliphatic carbocycles. The molecule has 0 aliphatic heterocycles. The summed E-state index contributed by atoms with van der Waals surface area (Å²) >= 11 is 4.11. The average molecular weight is 475 g/mol. The molecule has 0 aliphatic rings. The lowest BCUT2D eigenvalue weighted by molar-refractivity contribution is -0.142. The number of benzene rings is 2. The number of carbonyl (C=O) groups excluding carboxylic acids is 2. The fourth-order valence-electron chi connectivity index (χ4n) is 3.20. The van der Waals surface area contributed by atoms with Crippen LogP contribution in [0.3, 0.4) is 0 Å². The first-order chi connectivity index (χ1) is 15.7. The summed E-state index contributed by atoms with van der Waals surface area (Å²) < 4.78 is 0. The molecule has 0 radical (unpaired) electrons. The number of hydrogen-bond donors (Lipinski definition) is 7. The Morgan fingerprint density at radius 3 is 2.30 bits per heavy atom. The molecular formula is C22H30N6O4S. The molecule has 0 spiro atoms. The van der Waals surface area contributed by atoms with E-state index in [9.17, 15) is 19.5 Å². The van der Waals surface area contributed by atoms with Crippen molar-refractivity contribution in [3.05, 3.63) is 48.0 Å². The molecule has 0 heterocycles. The Balaban J connectivity index is 1.96. The van der Waals surface area contributed by atoms with Crippen molar-refractivity contribution < 1.29 is 19.5 Å². The number of hydrogen-bond acceptors (Lipinski definition) is 6.